The predicted octanol–water partition coefficient (Wildman–Crippen LogP) is 4.37. The Kier molecular flexibility index (Phi) is 9.92. The number of carbonyl (C=O) groups is 2. The highest BCUT2D eigenvalue weighted by atomic mass is 35.5. The first-order chi connectivity index (χ1) is 20.0. The van der Waals surface area contributed by atoms with Gasteiger partial charge >= 0.3 is 12.1 Å². The summed E-state index contributed by atoms with van der Waals surface area (Å²) in [6.45, 7) is 4.14. The van der Waals surface area contributed by atoms with Crippen LogP contribution in [-0.2, 0) is 20.8 Å². The van der Waals surface area contributed by atoms with E-state index < -0.39 is 68.2 Å². The first-order valence-corrected chi connectivity index (χ1v) is 16.0. The van der Waals surface area contributed by atoms with Gasteiger partial charge in [0, 0.05) is 35.3 Å². The molecule has 1 heterocycles. The van der Waals surface area contributed by atoms with Gasteiger partial charge in [-0.2, -0.15) is 13.2 Å². The number of primary amides is 1. The third kappa shape index (κ3) is 7.06. The molecule has 0 unspecified atom stereocenters. The van der Waals surface area contributed by atoms with Crippen molar-refractivity contribution in [1.82, 2.24) is 9.80 Å². The molecule has 2 aromatic carbocycles. The van der Waals surface area contributed by atoms with Crippen LogP contribution in [0.2, 0.25) is 5.02 Å². The van der Waals surface area contributed by atoms with Crippen LogP contribution in [0.15, 0.2) is 41.3 Å². The van der Waals surface area contributed by atoms with Crippen molar-refractivity contribution in [1.29, 1.82) is 0 Å². The minimum atomic E-state index is -4.98. The predicted molar refractivity (Wildman–Crippen MR) is 151 cm³/mol. The van der Waals surface area contributed by atoms with Crippen LogP contribution < -0.4 is 5.48 Å². The molecule has 0 bridgehead atoms. The van der Waals surface area contributed by atoms with E-state index in [4.69, 9.17) is 11.6 Å². The average molecular weight is 648 g/mol. The Balaban J connectivity index is 1.68. The fraction of sp³-hybridized carbons (Fsp3) is 0.517. The van der Waals surface area contributed by atoms with Crippen LogP contribution in [0.25, 0.3) is 0 Å². The monoisotopic (exact) mass is 647 g/mol. The number of hydrogen-bond donors (Lipinski definition) is 1. The van der Waals surface area contributed by atoms with Gasteiger partial charge in [-0.25, -0.2) is 17.6 Å². The highest BCUT2D eigenvalue weighted by Gasteiger charge is 2.46. The summed E-state index contributed by atoms with van der Waals surface area (Å²) in [6.07, 6.45) is -3.41. The average Bonchev–Trinajstić information content (AvgIpc) is 3.31. The second-order valence-corrected chi connectivity index (χ2v) is 14.0. The molecule has 0 radical (unpaired) electrons. The molecule has 1 saturated heterocycles. The lowest BCUT2D eigenvalue weighted by atomic mass is 9.80. The number of halogens is 5. The van der Waals surface area contributed by atoms with E-state index in [0.717, 1.165) is 0 Å². The van der Waals surface area contributed by atoms with Crippen LogP contribution in [-0.4, -0.2) is 67.5 Å². The van der Waals surface area contributed by atoms with Crippen LogP contribution in [0.4, 0.5) is 17.6 Å². The normalized spacial score (nSPS) is 23.4. The number of quaternary nitrogens is 1. The van der Waals surface area contributed by atoms with Gasteiger partial charge in [0.05, 0.1) is 27.7 Å². The molecule has 1 aliphatic carbocycles. The van der Waals surface area contributed by atoms with Gasteiger partial charge in [0.1, 0.15) is 5.82 Å². The quantitative estimate of drug-likeness (QED) is 0.336. The zero-order valence-corrected chi connectivity index (χ0v) is 25.5. The van der Waals surface area contributed by atoms with Gasteiger partial charge in [0.25, 0.3) is 0 Å². The Labute approximate surface area is 252 Å². The molecule has 2 N–H and O–H groups in total. The Morgan fingerprint density at radius 2 is 1.81 bits per heavy atom. The SMILES string of the molecule is CC(C)N(C)[C@@H]1CC[C@H](N2CC[C@@H](c3c(F)cc(C(F)(F)F)cc3C(=O)[NH2+][O-])C2=O)[C@H](CS(=O)(=O)c2ccc(Cl)cc2)C1. The van der Waals surface area contributed by atoms with E-state index in [1.54, 1.807) is 0 Å². The molecule has 2 aromatic rings. The Morgan fingerprint density at radius 3 is 2.40 bits per heavy atom. The van der Waals surface area contributed by atoms with Gasteiger partial charge in [0.15, 0.2) is 9.84 Å². The van der Waals surface area contributed by atoms with E-state index in [1.165, 1.54) is 29.2 Å². The fourth-order valence-corrected chi connectivity index (χ4v) is 8.12. The van der Waals surface area contributed by atoms with Gasteiger partial charge in [-0.05, 0) is 88.9 Å². The number of likely N-dealkylation sites (tertiary alicyclic amines) is 1. The number of benzene rings is 2. The van der Waals surface area contributed by atoms with Gasteiger partial charge in [-0.15, -0.1) is 0 Å². The number of nitrogens with zero attached hydrogens (tertiary/aromatic N) is 2. The molecule has 236 valence electrons. The molecule has 1 aliphatic heterocycles. The number of alkyl halides is 3. The van der Waals surface area contributed by atoms with Crippen molar-refractivity contribution < 1.29 is 41.0 Å². The second-order valence-electron chi connectivity index (χ2n) is 11.6. The third-order valence-corrected chi connectivity index (χ3v) is 10.8. The second kappa shape index (κ2) is 12.8. The summed E-state index contributed by atoms with van der Waals surface area (Å²) in [6, 6.07) is 6.11. The molecule has 4 rings (SSSR count). The summed E-state index contributed by atoms with van der Waals surface area (Å²) in [7, 11) is -1.85. The smallest absolute Gasteiger partial charge is 0.416 e. The maximum absolute atomic E-state index is 15.2. The highest BCUT2D eigenvalue weighted by Crippen LogP contribution is 2.41. The number of rotatable bonds is 8. The lowest BCUT2D eigenvalue weighted by Gasteiger charge is -2.44. The van der Waals surface area contributed by atoms with Crippen LogP contribution in [0.5, 0.6) is 0 Å². The molecular formula is C29H34ClF4N3O5S. The number of amides is 2. The summed E-state index contributed by atoms with van der Waals surface area (Å²) in [5.74, 6) is -5.45. The number of hydrogen-bond acceptors (Lipinski definition) is 6. The molecule has 1 saturated carbocycles. The third-order valence-electron chi connectivity index (χ3n) is 8.73. The van der Waals surface area contributed by atoms with E-state index in [2.05, 4.69) is 4.90 Å². The zero-order valence-electron chi connectivity index (χ0n) is 23.9. The molecule has 0 aromatic heterocycles. The zero-order chi connectivity index (χ0) is 31.9. The van der Waals surface area contributed by atoms with E-state index in [0.29, 0.717) is 30.4 Å². The van der Waals surface area contributed by atoms with Crippen LogP contribution in [0.3, 0.4) is 0 Å². The van der Waals surface area contributed by atoms with E-state index in [-0.39, 0.29) is 47.2 Å². The first kappa shape index (κ1) is 33.3. The van der Waals surface area contributed by atoms with E-state index in [9.17, 15) is 36.4 Å². The number of carbonyl (C=O) groups excluding carboxylic acids is 2. The topological polar surface area (TPSA) is 114 Å². The van der Waals surface area contributed by atoms with E-state index >= 15 is 4.39 Å². The molecule has 14 heteroatoms. The molecule has 2 aliphatic rings. The van der Waals surface area contributed by atoms with Crippen LogP contribution in [0, 0.1) is 16.9 Å². The van der Waals surface area contributed by atoms with Gasteiger partial charge in [0.2, 0.25) is 5.91 Å². The van der Waals surface area contributed by atoms with Crippen molar-refractivity contribution in [3.8, 4) is 0 Å². The lowest BCUT2D eigenvalue weighted by Crippen LogP contribution is -2.81. The number of sulfone groups is 1. The number of nitrogens with two attached hydrogens (primary N) is 1. The minimum absolute atomic E-state index is 0.0112. The molecule has 8 nitrogen and oxygen atoms in total. The lowest BCUT2D eigenvalue weighted by molar-refractivity contribution is -0.482. The molecule has 43 heavy (non-hydrogen) atoms. The highest BCUT2D eigenvalue weighted by molar-refractivity contribution is 7.91. The van der Waals surface area contributed by atoms with Crippen LogP contribution >= 0.6 is 11.6 Å². The van der Waals surface area contributed by atoms with Crippen molar-refractivity contribution in [2.45, 2.75) is 74.6 Å². The molecular weight excluding hydrogens is 614 g/mol. The van der Waals surface area contributed by atoms with Gasteiger partial charge < -0.3 is 20.5 Å². The van der Waals surface area contributed by atoms with Crippen molar-refractivity contribution in [3.05, 3.63) is 69.1 Å². The van der Waals surface area contributed by atoms with Crippen molar-refractivity contribution in [3.63, 3.8) is 0 Å². The summed E-state index contributed by atoms with van der Waals surface area (Å²) in [5, 5.41) is 11.6. The Bertz CT molecular complexity index is 1470. The molecule has 2 fully saturated rings. The standard InChI is InChI=1S/C29H34ClF4N3O5S/c1-16(2)36(3)20-6-9-25(17(12-20)15-43(41,42)21-7-4-19(30)5-8-21)37-11-10-22(28(37)39)26-23(27(38)35-40)13-18(14-24(26)31)29(32,33)34/h4-5,7-8,13-14,16-17,20,22,25H,6,9-12,15,35H2,1-3H3/t17-,20+,22-,25-/m0/s1. The van der Waals surface area contributed by atoms with Gasteiger partial charge in [-0.1, -0.05) is 11.6 Å². The van der Waals surface area contributed by atoms with Crippen molar-refractivity contribution in [2.24, 2.45) is 5.92 Å². The maximum Gasteiger partial charge on any atom is 0.416 e. The van der Waals surface area contributed by atoms with Gasteiger partial charge in [-0.3, -0.25) is 4.79 Å². The Hall–Kier alpha value is -2.58. The van der Waals surface area contributed by atoms with Crippen molar-refractivity contribution >= 4 is 33.3 Å². The minimum Gasteiger partial charge on any atom is -0.628 e. The summed E-state index contributed by atoms with van der Waals surface area (Å²) >= 11 is 5.94. The largest absolute Gasteiger partial charge is 0.628 e. The van der Waals surface area contributed by atoms with Crippen LogP contribution in [0.1, 0.15) is 66.9 Å². The first-order valence-electron chi connectivity index (χ1n) is 14.0. The fourth-order valence-electron chi connectivity index (χ4n) is 6.33. The van der Waals surface area contributed by atoms with E-state index in [1.807, 2.05) is 20.9 Å². The Morgan fingerprint density at radius 1 is 1.16 bits per heavy atom. The molecule has 0 spiro atoms. The maximum atomic E-state index is 15.2. The summed E-state index contributed by atoms with van der Waals surface area (Å²) < 4.78 is 82.3. The summed E-state index contributed by atoms with van der Waals surface area (Å²) in [5.41, 5.74) is -3.00. The molecule has 2 amide bonds. The van der Waals surface area contributed by atoms with Crippen molar-refractivity contribution in [2.75, 3.05) is 19.3 Å². The number of hydroxylamine groups is 1. The summed E-state index contributed by atoms with van der Waals surface area (Å²) in [4.78, 5) is 29.9. The molecule has 4 atom stereocenters.